The minimum atomic E-state index is -0.334. The number of aryl methyl sites for hydroxylation is 1. The Morgan fingerprint density at radius 1 is 1.14 bits per heavy atom. The predicted octanol–water partition coefficient (Wildman–Crippen LogP) is 4.85. The van der Waals surface area contributed by atoms with Gasteiger partial charge in [0.15, 0.2) is 11.6 Å². The number of hydrogen-bond acceptors (Lipinski definition) is 2. The van der Waals surface area contributed by atoms with Crippen LogP contribution in [-0.4, -0.2) is 6.54 Å². The first-order valence-corrected chi connectivity index (χ1v) is 7.43. The van der Waals surface area contributed by atoms with Crippen molar-refractivity contribution in [3.8, 4) is 11.5 Å². The molecule has 2 aromatic carbocycles. The van der Waals surface area contributed by atoms with Gasteiger partial charge in [0.05, 0.1) is 0 Å². The highest BCUT2D eigenvalue weighted by Crippen LogP contribution is 2.27. The molecule has 0 amide bonds. The first-order valence-electron chi connectivity index (χ1n) is 7.43. The average Bonchev–Trinajstić information content (AvgIpc) is 2.49. The summed E-state index contributed by atoms with van der Waals surface area (Å²) in [4.78, 5) is 0. The van der Waals surface area contributed by atoms with Crippen molar-refractivity contribution in [2.24, 2.45) is 0 Å². The largest absolute Gasteiger partial charge is 0.454 e. The lowest BCUT2D eigenvalue weighted by molar-refractivity contribution is 0.440. The van der Waals surface area contributed by atoms with Crippen LogP contribution in [0.1, 0.15) is 37.9 Å². The van der Waals surface area contributed by atoms with Gasteiger partial charge < -0.3 is 10.1 Å². The van der Waals surface area contributed by atoms with Crippen molar-refractivity contribution in [2.75, 3.05) is 6.54 Å². The molecule has 0 saturated heterocycles. The molecule has 0 aliphatic heterocycles. The van der Waals surface area contributed by atoms with Crippen LogP contribution in [0, 0.1) is 5.82 Å². The molecule has 2 nitrogen and oxygen atoms in total. The Morgan fingerprint density at radius 2 is 1.95 bits per heavy atom. The van der Waals surface area contributed by atoms with Crippen LogP contribution in [0.4, 0.5) is 4.39 Å². The van der Waals surface area contributed by atoms with Gasteiger partial charge in [0.1, 0.15) is 5.75 Å². The maximum Gasteiger partial charge on any atom is 0.166 e. The Bertz CT molecular complexity index is 598. The summed E-state index contributed by atoms with van der Waals surface area (Å²) >= 11 is 0. The Balaban J connectivity index is 2.17. The molecule has 3 heteroatoms. The lowest BCUT2D eigenvalue weighted by Crippen LogP contribution is -2.17. The number of benzene rings is 2. The first-order chi connectivity index (χ1) is 10.1. The van der Waals surface area contributed by atoms with Crippen molar-refractivity contribution in [2.45, 2.75) is 33.2 Å². The maximum atomic E-state index is 14.2. The molecule has 0 bridgehead atoms. The molecule has 1 unspecified atom stereocenters. The van der Waals surface area contributed by atoms with Crippen LogP contribution < -0.4 is 10.1 Å². The fraction of sp³-hybridized carbons (Fsp3) is 0.333. The Morgan fingerprint density at radius 3 is 2.62 bits per heavy atom. The van der Waals surface area contributed by atoms with Crippen molar-refractivity contribution < 1.29 is 9.13 Å². The third-order valence-electron chi connectivity index (χ3n) is 3.50. The first kappa shape index (κ1) is 15.5. The van der Waals surface area contributed by atoms with Crippen LogP contribution in [0.2, 0.25) is 0 Å². The molecular weight excluding hydrogens is 265 g/mol. The fourth-order valence-electron chi connectivity index (χ4n) is 2.25. The number of halogens is 1. The summed E-state index contributed by atoms with van der Waals surface area (Å²) in [7, 11) is 0. The molecular formula is C18H22FNO. The van der Waals surface area contributed by atoms with Gasteiger partial charge in [-0.2, -0.15) is 0 Å². The third-order valence-corrected chi connectivity index (χ3v) is 3.50. The second kappa shape index (κ2) is 7.23. The normalized spacial score (nSPS) is 12.2. The monoisotopic (exact) mass is 287 g/mol. The quantitative estimate of drug-likeness (QED) is 0.820. The van der Waals surface area contributed by atoms with Crippen molar-refractivity contribution in [1.29, 1.82) is 0 Å². The smallest absolute Gasteiger partial charge is 0.166 e. The maximum absolute atomic E-state index is 14.2. The van der Waals surface area contributed by atoms with E-state index in [0.29, 0.717) is 5.75 Å². The summed E-state index contributed by atoms with van der Waals surface area (Å²) in [6, 6.07) is 13.0. The van der Waals surface area contributed by atoms with Crippen LogP contribution in [0.15, 0.2) is 42.5 Å². The van der Waals surface area contributed by atoms with Crippen molar-refractivity contribution in [3.63, 3.8) is 0 Å². The van der Waals surface area contributed by atoms with E-state index in [4.69, 9.17) is 4.74 Å². The minimum Gasteiger partial charge on any atom is -0.454 e. The highest BCUT2D eigenvalue weighted by atomic mass is 19.1. The molecule has 2 rings (SSSR count). The molecule has 0 aromatic heterocycles. The molecule has 0 fully saturated rings. The van der Waals surface area contributed by atoms with Gasteiger partial charge >= 0.3 is 0 Å². The number of nitrogens with one attached hydrogen (secondary N) is 1. The van der Waals surface area contributed by atoms with Crippen molar-refractivity contribution in [3.05, 3.63) is 59.4 Å². The molecule has 0 radical (unpaired) electrons. The number of ether oxygens (including phenoxy) is 1. The zero-order valence-electron chi connectivity index (χ0n) is 12.8. The topological polar surface area (TPSA) is 21.3 Å². The van der Waals surface area contributed by atoms with E-state index in [0.717, 1.165) is 18.5 Å². The van der Waals surface area contributed by atoms with Crippen LogP contribution in [-0.2, 0) is 6.42 Å². The van der Waals surface area contributed by atoms with Crippen molar-refractivity contribution in [1.82, 2.24) is 5.32 Å². The molecule has 0 spiro atoms. The van der Waals surface area contributed by atoms with Gasteiger partial charge in [-0.1, -0.05) is 32.0 Å². The van der Waals surface area contributed by atoms with Crippen LogP contribution in [0.25, 0.3) is 0 Å². The molecule has 1 N–H and O–H groups in total. The predicted molar refractivity (Wildman–Crippen MR) is 84.4 cm³/mol. The zero-order chi connectivity index (χ0) is 15.2. The zero-order valence-corrected chi connectivity index (χ0v) is 12.8. The van der Waals surface area contributed by atoms with E-state index in [2.05, 4.69) is 12.2 Å². The third kappa shape index (κ3) is 4.05. The van der Waals surface area contributed by atoms with Crippen molar-refractivity contribution >= 4 is 0 Å². The van der Waals surface area contributed by atoms with Crippen LogP contribution in [0.5, 0.6) is 11.5 Å². The Kier molecular flexibility index (Phi) is 5.34. The molecule has 21 heavy (non-hydrogen) atoms. The number of hydrogen-bond donors (Lipinski definition) is 1. The summed E-state index contributed by atoms with van der Waals surface area (Å²) in [5, 5.41) is 3.27. The summed E-state index contributed by atoms with van der Waals surface area (Å²) in [5.41, 5.74) is 2.09. The summed E-state index contributed by atoms with van der Waals surface area (Å²) in [6.07, 6.45) is 0.929. The molecule has 2 aromatic rings. The Labute approximate surface area is 126 Å². The van der Waals surface area contributed by atoms with Gasteiger partial charge in [-0.3, -0.25) is 0 Å². The van der Waals surface area contributed by atoms with Gasteiger partial charge in [-0.05, 0) is 55.3 Å². The van der Waals surface area contributed by atoms with Gasteiger partial charge in [0.25, 0.3) is 0 Å². The van der Waals surface area contributed by atoms with Crippen LogP contribution in [0.3, 0.4) is 0 Å². The van der Waals surface area contributed by atoms with Gasteiger partial charge in [0, 0.05) is 6.04 Å². The van der Waals surface area contributed by atoms with E-state index in [1.165, 1.54) is 11.6 Å². The van der Waals surface area contributed by atoms with Crippen LogP contribution >= 0.6 is 0 Å². The van der Waals surface area contributed by atoms with E-state index < -0.39 is 0 Å². The van der Waals surface area contributed by atoms with E-state index >= 15 is 0 Å². The summed E-state index contributed by atoms with van der Waals surface area (Å²) in [6.45, 7) is 6.98. The SMILES string of the molecule is CCNC(C)c1ccc(Oc2cccc(CC)c2)c(F)c1. The molecule has 0 aliphatic rings. The lowest BCUT2D eigenvalue weighted by atomic mass is 10.1. The highest BCUT2D eigenvalue weighted by molar-refractivity contribution is 5.37. The van der Waals surface area contributed by atoms with E-state index in [-0.39, 0.29) is 17.6 Å². The van der Waals surface area contributed by atoms with Gasteiger partial charge in [-0.25, -0.2) is 4.39 Å². The lowest BCUT2D eigenvalue weighted by Gasteiger charge is -2.14. The van der Waals surface area contributed by atoms with E-state index in [1.807, 2.05) is 44.2 Å². The van der Waals surface area contributed by atoms with Gasteiger partial charge in [0.2, 0.25) is 0 Å². The fourth-order valence-corrected chi connectivity index (χ4v) is 2.25. The summed E-state index contributed by atoms with van der Waals surface area (Å²) in [5.74, 6) is 0.593. The minimum absolute atomic E-state index is 0.127. The second-order valence-electron chi connectivity index (χ2n) is 5.07. The standard InChI is InChI=1S/C18H22FNO/c1-4-14-7-6-8-16(11-14)21-18-10-9-15(12-17(18)19)13(3)20-5-2/h6-13,20H,4-5H2,1-3H3. The molecule has 0 saturated carbocycles. The average molecular weight is 287 g/mol. The molecule has 0 heterocycles. The van der Waals surface area contributed by atoms with Gasteiger partial charge in [-0.15, -0.1) is 0 Å². The van der Waals surface area contributed by atoms with E-state index in [1.54, 1.807) is 6.07 Å². The number of rotatable bonds is 6. The highest BCUT2D eigenvalue weighted by Gasteiger charge is 2.10. The molecule has 112 valence electrons. The summed E-state index contributed by atoms with van der Waals surface area (Å²) < 4.78 is 19.8. The molecule has 1 atom stereocenters. The van der Waals surface area contributed by atoms with E-state index in [9.17, 15) is 4.39 Å². The molecule has 0 aliphatic carbocycles. The second-order valence-corrected chi connectivity index (χ2v) is 5.07. The Hall–Kier alpha value is -1.87.